The van der Waals surface area contributed by atoms with Gasteiger partial charge in [0.05, 0.1) is 21.8 Å². The summed E-state index contributed by atoms with van der Waals surface area (Å²) in [6.07, 6.45) is 3.90. The molecule has 0 unspecified atom stereocenters. The first-order valence-corrected chi connectivity index (χ1v) is 7.67. The number of thiophene rings is 1. The van der Waals surface area contributed by atoms with E-state index in [0.29, 0.717) is 16.5 Å². The summed E-state index contributed by atoms with van der Waals surface area (Å²) in [5.74, 6) is -0.837. The maximum Gasteiger partial charge on any atom is 0.336 e. The van der Waals surface area contributed by atoms with Crippen LogP contribution in [0.1, 0.15) is 52.1 Å². The van der Waals surface area contributed by atoms with Gasteiger partial charge in [0.2, 0.25) is 0 Å². The van der Waals surface area contributed by atoms with Crippen LogP contribution in [0.25, 0.3) is 0 Å². The van der Waals surface area contributed by atoms with Crippen LogP contribution in [0.5, 0.6) is 0 Å². The van der Waals surface area contributed by atoms with E-state index in [9.17, 15) is 9.59 Å². The average molecular weight is 305 g/mol. The van der Waals surface area contributed by atoms with Crippen LogP contribution in [0.2, 0.25) is 0 Å². The maximum absolute atomic E-state index is 12.4. The molecule has 1 saturated carbocycles. The van der Waals surface area contributed by atoms with Gasteiger partial charge < -0.3 is 10.4 Å². The Morgan fingerprint density at radius 2 is 2.29 bits per heavy atom. The fourth-order valence-electron chi connectivity index (χ4n) is 2.12. The number of carboxylic acid groups (broad SMARTS) is 1. The van der Waals surface area contributed by atoms with Crippen molar-refractivity contribution in [3.63, 3.8) is 0 Å². The summed E-state index contributed by atoms with van der Waals surface area (Å²) < 4.78 is 1.76. The van der Waals surface area contributed by atoms with Crippen molar-refractivity contribution in [2.24, 2.45) is 0 Å². The van der Waals surface area contributed by atoms with E-state index in [-0.39, 0.29) is 11.5 Å². The van der Waals surface area contributed by atoms with Crippen LogP contribution in [-0.4, -0.2) is 26.8 Å². The average Bonchev–Trinajstić information content (AvgIpc) is 3.03. The van der Waals surface area contributed by atoms with Crippen LogP contribution < -0.4 is 5.32 Å². The number of nitrogens with one attached hydrogen (secondary N) is 1. The molecular weight excluding hydrogens is 290 g/mol. The van der Waals surface area contributed by atoms with Crippen molar-refractivity contribution in [3.05, 3.63) is 34.5 Å². The molecule has 3 rings (SSSR count). The first-order valence-electron chi connectivity index (χ1n) is 6.79. The third-order valence-electron chi connectivity index (χ3n) is 3.41. The van der Waals surface area contributed by atoms with Crippen molar-refractivity contribution in [1.82, 2.24) is 9.78 Å². The normalized spacial score (nSPS) is 14.1. The molecule has 2 heterocycles. The SMILES string of the molecule is CCn1cc(C(=O)Nc2cc(C(=O)O)cs2)c(C2CC2)n1. The van der Waals surface area contributed by atoms with Crippen LogP contribution in [-0.2, 0) is 6.54 Å². The number of aromatic carboxylic acids is 1. The van der Waals surface area contributed by atoms with Crippen LogP contribution in [0.3, 0.4) is 0 Å². The first kappa shape index (κ1) is 13.8. The van der Waals surface area contributed by atoms with Gasteiger partial charge in [-0.1, -0.05) is 0 Å². The predicted molar refractivity (Wildman–Crippen MR) is 79.1 cm³/mol. The van der Waals surface area contributed by atoms with Crippen molar-refractivity contribution in [1.29, 1.82) is 0 Å². The third-order valence-corrected chi connectivity index (χ3v) is 4.25. The molecule has 6 nitrogen and oxygen atoms in total. The van der Waals surface area contributed by atoms with E-state index in [1.807, 2.05) is 6.92 Å². The number of carbonyl (C=O) groups excluding carboxylic acids is 1. The van der Waals surface area contributed by atoms with Gasteiger partial charge in [0.15, 0.2) is 0 Å². The quantitative estimate of drug-likeness (QED) is 0.889. The molecule has 1 aliphatic rings. The molecule has 0 aromatic carbocycles. The lowest BCUT2D eigenvalue weighted by molar-refractivity contribution is 0.0697. The van der Waals surface area contributed by atoms with Gasteiger partial charge >= 0.3 is 5.97 Å². The number of hydrogen-bond donors (Lipinski definition) is 2. The molecular formula is C14H15N3O3S. The summed E-state index contributed by atoms with van der Waals surface area (Å²) in [5.41, 5.74) is 1.62. The van der Waals surface area contributed by atoms with Gasteiger partial charge in [-0.25, -0.2) is 4.79 Å². The Bertz CT molecular complexity index is 700. The molecule has 0 spiro atoms. The Labute approximate surface area is 125 Å². The Morgan fingerprint density at radius 1 is 1.52 bits per heavy atom. The summed E-state index contributed by atoms with van der Waals surface area (Å²) in [4.78, 5) is 23.2. The lowest BCUT2D eigenvalue weighted by Gasteiger charge is -2.01. The van der Waals surface area contributed by atoms with E-state index in [0.717, 1.165) is 25.1 Å². The molecule has 21 heavy (non-hydrogen) atoms. The Hall–Kier alpha value is -2.15. The van der Waals surface area contributed by atoms with Gasteiger partial charge in [-0.05, 0) is 25.8 Å². The molecule has 2 aromatic heterocycles. The topological polar surface area (TPSA) is 84.2 Å². The molecule has 2 N–H and O–H groups in total. The van der Waals surface area contributed by atoms with E-state index >= 15 is 0 Å². The number of carboxylic acids is 1. The smallest absolute Gasteiger partial charge is 0.336 e. The summed E-state index contributed by atoms with van der Waals surface area (Å²) in [6.45, 7) is 2.69. The van der Waals surface area contributed by atoms with Gasteiger partial charge in [-0.3, -0.25) is 9.48 Å². The lowest BCUT2D eigenvalue weighted by atomic mass is 10.1. The van der Waals surface area contributed by atoms with Gasteiger partial charge in [-0.15, -0.1) is 11.3 Å². The molecule has 1 amide bonds. The molecule has 110 valence electrons. The highest BCUT2D eigenvalue weighted by Crippen LogP contribution is 2.41. The standard InChI is InChI=1S/C14H15N3O3S/c1-2-17-6-10(12(16-17)8-3-4-8)13(18)15-11-5-9(7-21-11)14(19)20/h5-8H,2-4H2,1H3,(H,15,18)(H,19,20). The Morgan fingerprint density at radius 3 is 2.86 bits per heavy atom. The molecule has 1 aliphatic carbocycles. The summed E-state index contributed by atoms with van der Waals surface area (Å²) >= 11 is 1.20. The van der Waals surface area contributed by atoms with Gasteiger partial charge in [0, 0.05) is 24.0 Å². The summed E-state index contributed by atoms with van der Waals surface area (Å²) in [7, 11) is 0. The van der Waals surface area contributed by atoms with Crippen molar-refractivity contribution >= 4 is 28.2 Å². The van der Waals surface area contributed by atoms with Crippen molar-refractivity contribution in [2.75, 3.05) is 5.32 Å². The van der Waals surface area contributed by atoms with Crippen LogP contribution in [0, 0.1) is 0 Å². The Balaban J connectivity index is 1.81. The van der Waals surface area contributed by atoms with Crippen LogP contribution >= 0.6 is 11.3 Å². The minimum absolute atomic E-state index is 0.182. The Kier molecular flexibility index (Phi) is 3.50. The zero-order valence-corrected chi connectivity index (χ0v) is 12.3. The van der Waals surface area contributed by atoms with E-state index in [1.54, 1.807) is 10.9 Å². The van der Waals surface area contributed by atoms with Gasteiger partial charge in [0.1, 0.15) is 0 Å². The zero-order valence-electron chi connectivity index (χ0n) is 11.5. The lowest BCUT2D eigenvalue weighted by Crippen LogP contribution is -2.12. The number of rotatable bonds is 5. The molecule has 0 bridgehead atoms. The largest absolute Gasteiger partial charge is 0.478 e. The summed E-state index contributed by atoms with van der Waals surface area (Å²) in [5, 5.41) is 18.1. The predicted octanol–water partition coefficient (Wildman–Crippen LogP) is 2.79. The summed E-state index contributed by atoms with van der Waals surface area (Å²) in [6, 6.07) is 1.46. The second kappa shape index (κ2) is 5.33. The molecule has 7 heteroatoms. The second-order valence-electron chi connectivity index (χ2n) is 5.02. The number of aryl methyl sites for hydroxylation is 1. The van der Waals surface area contributed by atoms with Crippen molar-refractivity contribution < 1.29 is 14.7 Å². The van der Waals surface area contributed by atoms with E-state index < -0.39 is 5.97 Å². The highest BCUT2D eigenvalue weighted by molar-refractivity contribution is 7.14. The number of anilines is 1. The van der Waals surface area contributed by atoms with Crippen molar-refractivity contribution in [3.8, 4) is 0 Å². The molecule has 2 aromatic rings. The minimum atomic E-state index is -0.996. The van der Waals surface area contributed by atoms with E-state index in [2.05, 4.69) is 10.4 Å². The number of amides is 1. The van der Waals surface area contributed by atoms with Crippen LogP contribution in [0.4, 0.5) is 5.00 Å². The molecule has 0 atom stereocenters. The number of carbonyl (C=O) groups is 2. The van der Waals surface area contributed by atoms with Crippen LogP contribution in [0.15, 0.2) is 17.6 Å². The highest BCUT2D eigenvalue weighted by Gasteiger charge is 2.31. The van der Waals surface area contributed by atoms with Gasteiger partial charge in [-0.2, -0.15) is 5.10 Å². The minimum Gasteiger partial charge on any atom is -0.478 e. The molecule has 0 radical (unpaired) electrons. The molecule has 0 aliphatic heterocycles. The van der Waals surface area contributed by atoms with Gasteiger partial charge in [0.25, 0.3) is 5.91 Å². The van der Waals surface area contributed by atoms with Crippen molar-refractivity contribution in [2.45, 2.75) is 32.2 Å². The highest BCUT2D eigenvalue weighted by atomic mass is 32.1. The zero-order chi connectivity index (χ0) is 15.0. The fourth-order valence-corrected chi connectivity index (χ4v) is 2.89. The third kappa shape index (κ3) is 2.82. The molecule has 0 saturated heterocycles. The van der Waals surface area contributed by atoms with E-state index in [4.69, 9.17) is 5.11 Å². The first-order chi connectivity index (χ1) is 10.1. The number of hydrogen-bond acceptors (Lipinski definition) is 4. The monoisotopic (exact) mass is 305 g/mol. The fraction of sp³-hybridized carbons (Fsp3) is 0.357. The van der Waals surface area contributed by atoms with E-state index in [1.165, 1.54) is 22.8 Å². The number of nitrogens with zero attached hydrogens (tertiary/aromatic N) is 2. The number of aromatic nitrogens is 2. The molecule has 1 fully saturated rings. The maximum atomic E-state index is 12.4. The second-order valence-corrected chi connectivity index (χ2v) is 5.93.